The minimum atomic E-state index is -0.147. The van der Waals surface area contributed by atoms with Crippen LogP contribution in [0.3, 0.4) is 0 Å². The van der Waals surface area contributed by atoms with Crippen LogP contribution in [-0.4, -0.2) is 9.55 Å². The van der Waals surface area contributed by atoms with Gasteiger partial charge in [0.15, 0.2) is 12.4 Å². The number of rotatable bonds is 8. The molecule has 0 amide bonds. The SMILES string of the molecule is CCC(C)(CC)c1cccc([N@+]23[CH-][N+]2(c2[c-]c(Oc4[c-]c5c(cc4)c4cc(C(C)(C)C)ccc4n5-c4cc(C(C)(C)C)ccn4)cc(C(C)(C)C)c2)c2cc(C(C)(C)C)ccc23)c1.[Pt]. The zero-order valence-electron chi connectivity index (χ0n) is 40.8. The molecule has 336 valence electrons. The van der Waals surface area contributed by atoms with E-state index in [1.165, 1.54) is 50.3 Å². The van der Waals surface area contributed by atoms with Crippen molar-refractivity contribution in [3.8, 4) is 17.3 Å². The Hall–Kier alpha value is -4.54. The molecule has 1 saturated heterocycles. The number of fused-ring (bicyclic) bond motifs is 7. The normalized spacial score (nSPS) is 18.6. The van der Waals surface area contributed by atoms with Crippen molar-refractivity contribution in [2.75, 3.05) is 0 Å². The minimum absolute atomic E-state index is 0. The van der Waals surface area contributed by atoms with Gasteiger partial charge in [-0.05, 0) is 85.8 Å². The van der Waals surface area contributed by atoms with Crippen LogP contribution in [0.1, 0.15) is 145 Å². The largest absolute Gasteiger partial charge is 0.509 e. The summed E-state index contributed by atoms with van der Waals surface area (Å²) in [6.45, 7) is 36.8. The van der Waals surface area contributed by atoms with Crippen LogP contribution in [-0.2, 0) is 48.1 Å². The summed E-state index contributed by atoms with van der Waals surface area (Å²) in [6.07, 6.45) is 4.11. The Bertz CT molecular complexity index is 2950. The third kappa shape index (κ3) is 7.20. The average Bonchev–Trinajstić information content (AvgIpc) is 3.73. The molecular formula is C58H67N4OPt-. The number of aromatic nitrogens is 2. The summed E-state index contributed by atoms with van der Waals surface area (Å²) in [4.78, 5) is 4.97. The van der Waals surface area contributed by atoms with Crippen molar-refractivity contribution in [2.24, 2.45) is 0 Å². The third-order valence-electron chi connectivity index (χ3n) is 14.5. The summed E-state index contributed by atoms with van der Waals surface area (Å²) in [5.41, 5.74) is 13.4. The van der Waals surface area contributed by atoms with Crippen LogP contribution in [0.15, 0.2) is 103 Å². The number of hydrogen-bond acceptors (Lipinski definition) is 2. The molecule has 1 unspecified atom stereocenters. The summed E-state index contributed by atoms with van der Waals surface area (Å²) in [5.74, 6) is 2.20. The predicted molar refractivity (Wildman–Crippen MR) is 266 cm³/mol. The van der Waals surface area contributed by atoms with Gasteiger partial charge in [-0.1, -0.05) is 146 Å². The fourth-order valence-electron chi connectivity index (χ4n) is 9.71. The van der Waals surface area contributed by atoms with Crippen LogP contribution in [0, 0.1) is 18.8 Å². The molecule has 2 atom stereocenters. The molecule has 1 fully saturated rings. The van der Waals surface area contributed by atoms with E-state index in [0.717, 1.165) is 40.8 Å². The van der Waals surface area contributed by atoms with Gasteiger partial charge in [-0.2, -0.15) is 10.7 Å². The van der Waals surface area contributed by atoms with Crippen LogP contribution in [0.5, 0.6) is 11.5 Å². The Morgan fingerprint density at radius 1 is 0.562 bits per heavy atom. The third-order valence-corrected chi connectivity index (χ3v) is 14.5. The molecule has 0 aliphatic carbocycles. The first-order valence-electron chi connectivity index (χ1n) is 23.1. The smallest absolute Gasteiger partial charge is 0.225 e. The van der Waals surface area contributed by atoms with Gasteiger partial charge in [-0.25, -0.2) is 9.58 Å². The predicted octanol–water partition coefficient (Wildman–Crippen LogP) is 16.2. The maximum absolute atomic E-state index is 7.01. The number of pyridine rings is 1. The topological polar surface area (TPSA) is 27.1 Å². The van der Waals surface area contributed by atoms with Gasteiger partial charge in [0, 0.05) is 68.5 Å². The molecule has 5 aromatic carbocycles. The van der Waals surface area contributed by atoms with Crippen molar-refractivity contribution in [3.63, 3.8) is 0 Å². The standard InChI is InChI=1S/C58H67N4O.Pt/c1-16-58(15,17-2)41-19-18-20-43(29-41)61-37-62(61,52-33-39(55(6,7)8)22-26-51(52)61)44-30-42(57(12,13)14)31-46(35-44)63-45-23-24-47-48-32-38(54(3,4)5)21-25-49(48)60(50(47)36-45)53-34-40(27-28-59-53)56(9,10)11;/h18-34,37H,16-17H2,1-15H3;/q-1;/t61-,62?;/m0./s1. The van der Waals surface area contributed by atoms with Gasteiger partial charge in [0.2, 0.25) is 11.4 Å². The van der Waals surface area contributed by atoms with Crippen LogP contribution in [0.4, 0.5) is 22.7 Å². The number of ether oxygens (including phenoxy) is 1. The summed E-state index contributed by atoms with van der Waals surface area (Å²) in [6, 6.07) is 44.2. The maximum atomic E-state index is 7.01. The quantitative estimate of drug-likeness (QED) is 0.0862. The van der Waals surface area contributed by atoms with Gasteiger partial charge in [0.05, 0.1) is 5.69 Å². The van der Waals surface area contributed by atoms with Crippen molar-refractivity contribution in [2.45, 2.75) is 144 Å². The minimum Gasteiger partial charge on any atom is -0.509 e. The molecular weight excluding hydrogens is 964 g/mol. The van der Waals surface area contributed by atoms with Crippen molar-refractivity contribution in [1.82, 2.24) is 18.7 Å². The van der Waals surface area contributed by atoms with Gasteiger partial charge < -0.3 is 9.30 Å². The van der Waals surface area contributed by atoms with Gasteiger partial charge in [0.25, 0.3) is 0 Å². The molecule has 2 aromatic heterocycles. The molecule has 64 heavy (non-hydrogen) atoms. The second-order valence-electron chi connectivity index (χ2n) is 22.8. The average molecular weight is 1030 g/mol. The molecule has 0 bridgehead atoms. The van der Waals surface area contributed by atoms with Crippen molar-refractivity contribution in [3.05, 3.63) is 150 Å². The van der Waals surface area contributed by atoms with Gasteiger partial charge in [-0.3, -0.25) is 0 Å². The van der Waals surface area contributed by atoms with Crippen molar-refractivity contribution < 1.29 is 25.8 Å². The van der Waals surface area contributed by atoms with Crippen LogP contribution < -0.4 is 13.9 Å². The molecule has 0 saturated carbocycles. The molecule has 0 spiro atoms. The van der Waals surface area contributed by atoms with E-state index in [2.05, 4.69) is 224 Å². The summed E-state index contributed by atoms with van der Waals surface area (Å²) in [7, 11) is 0. The molecule has 4 heterocycles. The molecule has 5 nitrogen and oxygen atoms in total. The van der Waals surface area contributed by atoms with E-state index >= 15 is 0 Å². The summed E-state index contributed by atoms with van der Waals surface area (Å²) < 4.78 is 10.4. The van der Waals surface area contributed by atoms with E-state index in [1.807, 2.05) is 6.20 Å². The molecule has 6 heteroatoms. The maximum Gasteiger partial charge on any atom is 0.225 e. The first kappa shape index (κ1) is 46.0. The Morgan fingerprint density at radius 3 is 1.86 bits per heavy atom. The van der Waals surface area contributed by atoms with Crippen LogP contribution in [0.2, 0.25) is 0 Å². The molecule has 0 N–H and O–H groups in total. The van der Waals surface area contributed by atoms with Gasteiger partial charge in [-0.15, -0.1) is 35.2 Å². The Labute approximate surface area is 397 Å². The van der Waals surface area contributed by atoms with Crippen molar-refractivity contribution in [1.29, 1.82) is 0 Å². The van der Waals surface area contributed by atoms with E-state index in [-0.39, 0.29) is 48.1 Å². The van der Waals surface area contributed by atoms with E-state index in [4.69, 9.17) is 9.72 Å². The van der Waals surface area contributed by atoms with Crippen LogP contribution >= 0.6 is 0 Å². The first-order valence-corrected chi connectivity index (χ1v) is 23.1. The Kier molecular flexibility index (Phi) is 11.0. The molecule has 0 radical (unpaired) electrons. The number of quaternary nitrogens is 2. The first-order chi connectivity index (χ1) is 29.4. The summed E-state index contributed by atoms with van der Waals surface area (Å²) in [5, 5.41) is 2.30. The second kappa shape index (κ2) is 15.3. The molecule has 2 aliphatic rings. The zero-order valence-corrected chi connectivity index (χ0v) is 43.1. The van der Waals surface area contributed by atoms with Crippen LogP contribution in [0.25, 0.3) is 27.6 Å². The molecule has 2 aliphatic heterocycles. The van der Waals surface area contributed by atoms with E-state index in [9.17, 15) is 0 Å². The Balaban J connectivity index is 0.00000560. The van der Waals surface area contributed by atoms with Crippen molar-refractivity contribution >= 4 is 44.6 Å². The number of hydrogen-bond donors (Lipinski definition) is 0. The zero-order chi connectivity index (χ0) is 45.3. The fraction of sp³-hybridized carbons (Fsp3) is 0.379. The Morgan fingerprint density at radius 2 is 1.20 bits per heavy atom. The fourth-order valence-corrected chi connectivity index (χ4v) is 9.71. The van der Waals surface area contributed by atoms with E-state index in [0.29, 0.717) is 20.7 Å². The number of benzene rings is 5. The van der Waals surface area contributed by atoms with Gasteiger partial charge >= 0.3 is 0 Å². The molecule has 7 aromatic rings. The monoisotopic (exact) mass is 1030 g/mol. The van der Waals surface area contributed by atoms with E-state index in [1.54, 1.807) is 0 Å². The number of nitrogens with zero attached hydrogens (tertiary/aromatic N) is 4. The van der Waals surface area contributed by atoms with E-state index < -0.39 is 0 Å². The summed E-state index contributed by atoms with van der Waals surface area (Å²) >= 11 is 0. The van der Waals surface area contributed by atoms with Gasteiger partial charge in [0.1, 0.15) is 5.82 Å². The molecule has 9 rings (SSSR count). The second-order valence-corrected chi connectivity index (χ2v) is 22.8.